The van der Waals surface area contributed by atoms with Crippen LogP contribution < -0.4 is 10.0 Å². The number of nitrogens with zero attached hydrogens (tertiary/aromatic N) is 2. The van der Waals surface area contributed by atoms with E-state index in [-0.39, 0.29) is 17.3 Å². The molecule has 2 aliphatic rings. The minimum Gasteiger partial charge on any atom is -0.550 e. The Morgan fingerprint density at radius 1 is 0.745 bits per heavy atom. The van der Waals surface area contributed by atoms with Crippen molar-refractivity contribution in [1.29, 1.82) is 0 Å². The Morgan fingerprint density at radius 3 is 2.09 bits per heavy atom. The van der Waals surface area contributed by atoms with Crippen molar-refractivity contribution in [2.24, 2.45) is 0 Å². The number of carboxylic acids is 1. The van der Waals surface area contributed by atoms with Crippen molar-refractivity contribution in [1.82, 2.24) is 0 Å². The number of anilines is 1. The van der Waals surface area contributed by atoms with Crippen molar-refractivity contribution in [3.63, 3.8) is 0 Å². The van der Waals surface area contributed by atoms with Crippen LogP contribution in [0, 0.1) is 0 Å². The second-order valence-electron chi connectivity index (χ2n) is 13.8. The van der Waals surface area contributed by atoms with E-state index in [0.717, 1.165) is 25.9 Å². The lowest BCUT2D eigenvalue weighted by atomic mass is 9.79. The molecule has 2 heterocycles. The van der Waals surface area contributed by atoms with Crippen LogP contribution in [0.25, 0.3) is 21.5 Å². The van der Waals surface area contributed by atoms with Gasteiger partial charge >= 0.3 is 0 Å². The van der Waals surface area contributed by atoms with Gasteiger partial charge in [-0.15, -0.1) is 0 Å². The van der Waals surface area contributed by atoms with Gasteiger partial charge in [-0.25, -0.2) is 0 Å². The Kier molecular flexibility index (Phi) is 9.05. The zero-order valence-corrected chi connectivity index (χ0v) is 28.4. The lowest BCUT2D eigenvalue weighted by Crippen LogP contribution is -2.28. The fourth-order valence-electron chi connectivity index (χ4n) is 7.85. The fourth-order valence-corrected chi connectivity index (χ4v) is 7.85. The van der Waals surface area contributed by atoms with E-state index < -0.39 is 5.97 Å². The third-order valence-electron chi connectivity index (χ3n) is 10.0. The zero-order valence-electron chi connectivity index (χ0n) is 28.4. The van der Waals surface area contributed by atoms with Crippen molar-refractivity contribution < 1.29 is 14.5 Å². The van der Waals surface area contributed by atoms with Crippen LogP contribution in [0.2, 0.25) is 0 Å². The number of hydrogen-bond donors (Lipinski definition) is 0. The number of benzene rings is 4. The van der Waals surface area contributed by atoms with Crippen molar-refractivity contribution in [2.45, 2.75) is 71.1 Å². The molecule has 47 heavy (non-hydrogen) atoms. The van der Waals surface area contributed by atoms with E-state index in [1.807, 2.05) is 0 Å². The molecule has 0 saturated heterocycles. The van der Waals surface area contributed by atoms with Gasteiger partial charge in [-0.1, -0.05) is 98.8 Å². The summed E-state index contributed by atoms with van der Waals surface area (Å²) in [4.78, 5) is 13.4. The van der Waals surface area contributed by atoms with Gasteiger partial charge < -0.3 is 14.8 Å². The number of aliphatic carboxylic acids is 1. The van der Waals surface area contributed by atoms with E-state index in [4.69, 9.17) is 0 Å². The molecule has 4 nitrogen and oxygen atoms in total. The van der Waals surface area contributed by atoms with Gasteiger partial charge in [0.15, 0.2) is 5.71 Å². The first-order chi connectivity index (χ1) is 22.7. The van der Waals surface area contributed by atoms with E-state index in [9.17, 15) is 9.90 Å². The molecular weight excluding hydrogens is 576 g/mol. The summed E-state index contributed by atoms with van der Waals surface area (Å²) in [5.74, 6) is -0.968. The summed E-state index contributed by atoms with van der Waals surface area (Å²) < 4.78 is 2.44. The van der Waals surface area contributed by atoms with Crippen LogP contribution in [0.15, 0.2) is 121 Å². The molecule has 0 fully saturated rings. The minimum absolute atomic E-state index is 0.0992. The number of fused-ring (bicyclic) bond motifs is 6. The molecule has 0 radical (unpaired) electrons. The predicted octanol–water partition coefficient (Wildman–Crippen LogP) is 9.05. The SMILES string of the molecule is CCN1\C(=C/C=C/C=C/C=C/C2=[N+](CCCCCC(=O)[O-])c3ccc4ccccc4c3C2(C)C)C(C)(C)c2c1ccc1ccccc21. The van der Waals surface area contributed by atoms with Gasteiger partial charge in [0.05, 0.1) is 5.41 Å². The Hall–Kier alpha value is -4.70. The number of rotatable bonds is 11. The highest BCUT2D eigenvalue weighted by Gasteiger charge is 2.45. The van der Waals surface area contributed by atoms with Crippen LogP contribution in [0.4, 0.5) is 11.4 Å². The maximum atomic E-state index is 10.9. The average molecular weight is 623 g/mol. The van der Waals surface area contributed by atoms with E-state index in [1.54, 1.807) is 0 Å². The number of likely N-dealkylation sites (N-methyl/N-ethyl adjacent to an activating group) is 1. The molecule has 0 aliphatic carbocycles. The standard InChI is InChI=1S/C43H46N2O2/c1-6-44-35-28-26-31-19-14-16-21-33(31)40(35)42(2,3)37(44)23-11-8-7-9-12-24-38-43(4,5)41-34-22-17-15-20-32(34)27-29-36(41)45(38)30-18-10-13-25-39(46)47/h7-9,11-12,14-17,19-24,26-29H,6,10,13,18,25,30H2,1-5H3. The lowest BCUT2D eigenvalue weighted by molar-refractivity contribution is -0.438. The minimum atomic E-state index is -0.968. The molecule has 0 atom stereocenters. The Morgan fingerprint density at radius 2 is 1.38 bits per heavy atom. The van der Waals surface area contributed by atoms with Crippen LogP contribution in [-0.2, 0) is 15.6 Å². The van der Waals surface area contributed by atoms with Crippen molar-refractivity contribution in [3.8, 4) is 0 Å². The number of carbonyl (C=O) groups is 1. The first-order valence-corrected chi connectivity index (χ1v) is 17.0. The maximum Gasteiger partial charge on any atom is 0.210 e. The second-order valence-corrected chi connectivity index (χ2v) is 13.8. The second kappa shape index (κ2) is 13.2. The van der Waals surface area contributed by atoms with Crippen molar-refractivity contribution >= 4 is 44.6 Å². The summed E-state index contributed by atoms with van der Waals surface area (Å²) in [7, 11) is 0. The summed E-state index contributed by atoms with van der Waals surface area (Å²) >= 11 is 0. The van der Waals surface area contributed by atoms with Crippen LogP contribution in [0.5, 0.6) is 0 Å². The maximum absolute atomic E-state index is 10.9. The van der Waals surface area contributed by atoms with Crippen LogP contribution in [0.1, 0.15) is 71.4 Å². The molecule has 4 heteroatoms. The molecule has 0 N–H and O–H groups in total. The van der Waals surface area contributed by atoms with Crippen LogP contribution >= 0.6 is 0 Å². The Labute approximate surface area is 279 Å². The number of allylic oxidation sites excluding steroid dienone is 8. The molecule has 2 aliphatic heterocycles. The molecule has 0 aromatic heterocycles. The molecule has 240 valence electrons. The number of carboxylic acid groups (broad SMARTS) is 1. The number of unbranched alkanes of at least 4 members (excludes halogenated alkanes) is 2. The monoisotopic (exact) mass is 622 g/mol. The normalized spacial score (nSPS) is 17.7. The summed E-state index contributed by atoms with van der Waals surface area (Å²) in [5.41, 5.74) is 7.62. The third kappa shape index (κ3) is 5.98. The van der Waals surface area contributed by atoms with E-state index >= 15 is 0 Å². The predicted molar refractivity (Wildman–Crippen MR) is 196 cm³/mol. The summed E-state index contributed by atoms with van der Waals surface area (Å²) in [6.07, 6.45) is 17.7. The highest BCUT2D eigenvalue weighted by molar-refractivity contribution is 6.07. The number of hydrogen-bond acceptors (Lipinski definition) is 3. The largest absolute Gasteiger partial charge is 0.550 e. The van der Waals surface area contributed by atoms with Gasteiger partial charge in [-0.2, -0.15) is 4.58 Å². The zero-order chi connectivity index (χ0) is 33.2. The van der Waals surface area contributed by atoms with Gasteiger partial charge in [-0.05, 0) is 85.4 Å². The molecule has 0 unspecified atom stereocenters. The van der Waals surface area contributed by atoms with Gasteiger partial charge in [0.2, 0.25) is 5.69 Å². The first-order valence-electron chi connectivity index (χ1n) is 17.0. The van der Waals surface area contributed by atoms with E-state index in [0.29, 0.717) is 6.42 Å². The van der Waals surface area contributed by atoms with Gasteiger partial charge in [0.1, 0.15) is 6.54 Å². The molecule has 0 bridgehead atoms. The molecule has 0 spiro atoms. The third-order valence-corrected chi connectivity index (χ3v) is 10.0. The lowest BCUT2D eigenvalue weighted by Gasteiger charge is -2.26. The van der Waals surface area contributed by atoms with Gasteiger partial charge in [0, 0.05) is 53.4 Å². The van der Waals surface area contributed by atoms with E-state index in [2.05, 4.69) is 159 Å². The highest BCUT2D eigenvalue weighted by Crippen LogP contribution is 2.50. The van der Waals surface area contributed by atoms with Crippen LogP contribution in [0.3, 0.4) is 0 Å². The topological polar surface area (TPSA) is 46.4 Å². The molecule has 4 aromatic carbocycles. The van der Waals surface area contributed by atoms with Gasteiger partial charge in [-0.3, -0.25) is 0 Å². The summed E-state index contributed by atoms with van der Waals surface area (Å²) in [6, 6.07) is 26.3. The highest BCUT2D eigenvalue weighted by atomic mass is 16.4. The molecular formula is C43H46N2O2. The van der Waals surface area contributed by atoms with Crippen molar-refractivity contribution in [2.75, 3.05) is 18.0 Å². The molecule has 4 aromatic rings. The summed E-state index contributed by atoms with van der Waals surface area (Å²) in [6.45, 7) is 13.3. The molecule has 0 saturated carbocycles. The number of carbonyl (C=O) groups excluding carboxylic acids is 1. The Balaban J connectivity index is 1.23. The fraction of sp³-hybridized carbons (Fsp3) is 0.302. The van der Waals surface area contributed by atoms with Crippen molar-refractivity contribution in [3.05, 3.63) is 132 Å². The van der Waals surface area contributed by atoms with Crippen LogP contribution in [-0.4, -0.2) is 29.3 Å². The molecule has 0 amide bonds. The first kappa shape index (κ1) is 32.2. The van der Waals surface area contributed by atoms with Gasteiger partial charge in [0.25, 0.3) is 0 Å². The van der Waals surface area contributed by atoms with E-state index in [1.165, 1.54) is 55.5 Å². The average Bonchev–Trinajstić information content (AvgIpc) is 3.42. The Bertz CT molecular complexity index is 1990. The smallest absolute Gasteiger partial charge is 0.210 e. The molecule has 6 rings (SSSR count). The summed E-state index contributed by atoms with van der Waals surface area (Å²) in [5, 5.41) is 16.1. The quantitative estimate of drug-likeness (QED) is 0.0953.